The molecule has 0 saturated heterocycles. The molecular formula is C14H19NO. The minimum absolute atomic E-state index is 0.533. The predicted octanol–water partition coefficient (Wildman–Crippen LogP) is 2.49. The first-order valence-electron chi connectivity index (χ1n) is 6.03. The summed E-state index contributed by atoms with van der Waals surface area (Å²) >= 11 is 0. The van der Waals surface area contributed by atoms with Gasteiger partial charge in [0.15, 0.2) is 0 Å². The van der Waals surface area contributed by atoms with Crippen molar-refractivity contribution in [2.24, 2.45) is 5.92 Å². The van der Waals surface area contributed by atoms with Crippen molar-refractivity contribution in [1.82, 2.24) is 4.90 Å². The number of hydrogen-bond donors (Lipinski definition) is 0. The number of carbonyl (C=O) groups excluding carboxylic acids is 1. The molecule has 0 bridgehead atoms. The van der Waals surface area contributed by atoms with Crippen molar-refractivity contribution in [1.29, 1.82) is 0 Å². The van der Waals surface area contributed by atoms with Crippen LogP contribution in [0.1, 0.15) is 25.3 Å². The molecule has 1 saturated carbocycles. The SMILES string of the molecule is CC(C1CC1)N(CC=O)Cc1ccccc1. The Morgan fingerprint density at radius 2 is 2.06 bits per heavy atom. The second-order valence-corrected chi connectivity index (χ2v) is 4.66. The van der Waals surface area contributed by atoms with Crippen LogP contribution in [0.5, 0.6) is 0 Å². The summed E-state index contributed by atoms with van der Waals surface area (Å²) in [5, 5.41) is 0. The summed E-state index contributed by atoms with van der Waals surface area (Å²) in [7, 11) is 0. The lowest BCUT2D eigenvalue weighted by molar-refractivity contribution is -0.109. The van der Waals surface area contributed by atoms with E-state index in [0.29, 0.717) is 12.6 Å². The van der Waals surface area contributed by atoms with Gasteiger partial charge in [-0.1, -0.05) is 30.3 Å². The maximum absolute atomic E-state index is 10.7. The summed E-state index contributed by atoms with van der Waals surface area (Å²) in [5.41, 5.74) is 1.29. The van der Waals surface area contributed by atoms with Crippen LogP contribution in [0.4, 0.5) is 0 Å². The van der Waals surface area contributed by atoms with Crippen molar-refractivity contribution in [3.8, 4) is 0 Å². The molecule has 0 N–H and O–H groups in total. The Kier molecular flexibility index (Phi) is 3.73. The highest BCUT2D eigenvalue weighted by molar-refractivity contribution is 5.52. The summed E-state index contributed by atoms with van der Waals surface area (Å²) in [6.07, 6.45) is 3.67. The zero-order chi connectivity index (χ0) is 11.4. The van der Waals surface area contributed by atoms with E-state index in [1.54, 1.807) is 0 Å². The second-order valence-electron chi connectivity index (χ2n) is 4.66. The van der Waals surface area contributed by atoms with E-state index in [2.05, 4.69) is 36.1 Å². The van der Waals surface area contributed by atoms with Crippen LogP contribution < -0.4 is 0 Å². The monoisotopic (exact) mass is 217 g/mol. The fraction of sp³-hybridized carbons (Fsp3) is 0.500. The van der Waals surface area contributed by atoms with Gasteiger partial charge in [-0.15, -0.1) is 0 Å². The first-order chi connectivity index (χ1) is 7.81. The normalized spacial score (nSPS) is 17.4. The van der Waals surface area contributed by atoms with E-state index in [1.807, 2.05) is 6.07 Å². The van der Waals surface area contributed by atoms with Gasteiger partial charge < -0.3 is 4.79 Å². The molecule has 1 aromatic rings. The topological polar surface area (TPSA) is 20.3 Å². The highest BCUT2D eigenvalue weighted by Crippen LogP contribution is 2.35. The molecule has 1 atom stereocenters. The molecule has 0 amide bonds. The Morgan fingerprint density at radius 3 is 2.62 bits per heavy atom. The zero-order valence-corrected chi connectivity index (χ0v) is 9.80. The van der Waals surface area contributed by atoms with Gasteiger partial charge in [0.25, 0.3) is 0 Å². The van der Waals surface area contributed by atoms with Crippen molar-refractivity contribution < 1.29 is 4.79 Å². The largest absolute Gasteiger partial charge is 0.302 e. The summed E-state index contributed by atoms with van der Waals surface area (Å²) in [6, 6.07) is 10.9. The number of hydrogen-bond acceptors (Lipinski definition) is 2. The Bertz CT molecular complexity index is 332. The van der Waals surface area contributed by atoms with Gasteiger partial charge >= 0.3 is 0 Å². The first kappa shape index (κ1) is 11.3. The lowest BCUT2D eigenvalue weighted by Gasteiger charge is -2.27. The summed E-state index contributed by atoms with van der Waals surface area (Å²) in [6.45, 7) is 3.67. The van der Waals surface area contributed by atoms with Crippen LogP contribution >= 0.6 is 0 Å². The van der Waals surface area contributed by atoms with Crippen LogP contribution in [0.3, 0.4) is 0 Å². The third kappa shape index (κ3) is 2.92. The van der Waals surface area contributed by atoms with Gasteiger partial charge in [0.1, 0.15) is 6.29 Å². The lowest BCUT2D eigenvalue weighted by Crippen LogP contribution is -2.35. The molecule has 2 rings (SSSR count). The third-order valence-corrected chi connectivity index (χ3v) is 3.42. The lowest BCUT2D eigenvalue weighted by atomic mass is 10.1. The van der Waals surface area contributed by atoms with Gasteiger partial charge in [-0.2, -0.15) is 0 Å². The van der Waals surface area contributed by atoms with Crippen LogP contribution in [-0.2, 0) is 11.3 Å². The van der Waals surface area contributed by atoms with Crippen LogP contribution in [0.25, 0.3) is 0 Å². The van der Waals surface area contributed by atoms with E-state index in [1.165, 1.54) is 18.4 Å². The molecule has 16 heavy (non-hydrogen) atoms. The molecule has 1 unspecified atom stereocenters. The maximum atomic E-state index is 10.7. The van der Waals surface area contributed by atoms with E-state index in [4.69, 9.17) is 0 Å². The molecule has 1 aliphatic carbocycles. The predicted molar refractivity (Wildman–Crippen MR) is 65.1 cm³/mol. The molecule has 0 radical (unpaired) electrons. The fourth-order valence-electron chi connectivity index (χ4n) is 2.17. The number of rotatable bonds is 6. The molecule has 2 nitrogen and oxygen atoms in total. The molecule has 86 valence electrons. The highest BCUT2D eigenvalue weighted by Gasteiger charge is 2.31. The van der Waals surface area contributed by atoms with E-state index in [0.717, 1.165) is 18.7 Å². The standard InChI is InChI=1S/C14H19NO/c1-12(14-7-8-14)15(9-10-16)11-13-5-3-2-4-6-13/h2-6,10,12,14H,7-9,11H2,1H3. The van der Waals surface area contributed by atoms with Gasteiger partial charge in [-0.25, -0.2) is 0 Å². The summed E-state index contributed by atoms with van der Waals surface area (Å²) in [5.74, 6) is 0.809. The number of carbonyl (C=O) groups is 1. The van der Waals surface area contributed by atoms with Crippen LogP contribution in [0.2, 0.25) is 0 Å². The average Bonchev–Trinajstić information content (AvgIpc) is 3.13. The van der Waals surface area contributed by atoms with Gasteiger partial charge in [-0.05, 0) is 31.2 Å². The fourth-order valence-corrected chi connectivity index (χ4v) is 2.17. The first-order valence-corrected chi connectivity index (χ1v) is 6.03. The van der Waals surface area contributed by atoms with Crippen molar-refractivity contribution in [3.05, 3.63) is 35.9 Å². The van der Waals surface area contributed by atoms with Gasteiger partial charge in [0.2, 0.25) is 0 Å². The van der Waals surface area contributed by atoms with Crippen molar-refractivity contribution in [2.75, 3.05) is 6.54 Å². The Labute approximate surface area is 97.3 Å². The van der Waals surface area contributed by atoms with Gasteiger partial charge in [-0.3, -0.25) is 4.90 Å². The number of benzene rings is 1. The smallest absolute Gasteiger partial charge is 0.134 e. The van der Waals surface area contributed by atoms with Crippen LogP contribution in [-0.4, -0.2) is 23.8 Å². The molecule has 0 aliphatic heterocycles. The Hall–Kier alpha value is -1.15. The van der Waals surface area contributed by atoms with Gasteiger partial charge in [0, 0.05) is 12.6 Å². The van der Waals surface area contributed by atoms with Crippen LogP contribution in [0.15, 0.2) is 30.3 Å². The van der Waals surface area contributed by atoms with E-state index >= 15 is 0 Å². The third-order valence-electron chi connectivity index (χ3n) is 3.42. The van der Waals surface area contributed by atoms with E-state index in [9.17, 15) is 4.79 Å². The quantitative estimate of drug-likeness (QED) is 0.682. The van der Waals surface area contributed by atoms with E-state index in [-0.39, 0.29) is 0 Å². The zero-order valence-electron chi connectivity index (χ0n) is 9.80. The van der Waals surface area contributed by atoms with Crippen molar-refractivity contribution in [3.63, 3.8) is 0 Å². The summed E-state index contributed by atoms with van der Waals surface area (Å²) < 4.78 is 0. The Morgan fingerprint density at radius 1 is 1.38 bits per heavy atom. The number of nitrogens with zero attached hydrogens (tertiary/aromatic N) is 1. The van der Waals surface area contributed by atoms with Crippen molar-refractivity contribution in [2.45, 2.75) is 32.4 Å². The molecule has 1 aromatic carbocycles. The second kappa shape index (κ2) is 5.26. The minimum Gasteiger partial charge on any atom is -0.302 e. The number of aldehydes is 1. The average molecular weight is 217 g/mol. The van der Waals surface area contributed by atoms with E-state index < -0.39 is 0 Å². The molecule has 1 fully saturated rings. The molecule has 0 aromatic heterocycles. The summed E-state index contributed by atoms with van der Waals surface area (Å²) in [4.78, 5) is 13.0. The minimum atomic E-state index is 0.533. The molecular weight excluding hydrogens is 198 g/mol. The van der Waals surface area contributed by atoms with Gasteiger partial charge in [0.05, 0.1) is 6.54 Å². The maximum Gasteiger partial charge on any atom is 0.134 e. The Balaban J connectivity index is 1.99. The molecule has 0 heterocycles. The molecule has 2 heteroatoms. The molecule has 0 spiro atoms. The highest BCUT2D eigenvalue weighted by atomic mass is 16.1. The molecule has 1 aliphatic rings. The van der Waals surface area contributed by atoms with Crippen molar-refractivity contribution >= 4 is 6.29 Å². The van der Waals surface area contributed by atoms with Crippen LogP contribution in [0, 0.1) is 5.92 Å².